The number of rotatable bonds is 5. The molecule has 5 nitrogen and oxygen atoms in total. The average molecular weight is 485 g/mol. The highest BCUT2D eigenvalue weighted by Gasteiger charge is 2.30. The number of ether oxygens (including phenoxy) is 1. The van der Waals surface area contributed by atoms with Crippen molar-refractivity contribution in [2.75, 3.05) is 27.2 Å². The van der Waals surface area contributed by atoms with E-state index in [0.717, 1.165) is 22.1 Å². The van der Waals surface area contributed by atoms with Crippen LogP contribution in [0.5, 0.6) is 5.75 Å². The van der Waals surface area contributed by atoms with Gasteiger partial charge < -0.3 is 14.5 Å². The topological polar surface area (TPSA) is 49.9 Å². The second-order valence-electron chi connectivity index (χ2n) is 8.36. The molecular formula is C26H26Cl2N2O3. The van der Waals surface area contributed by atoms with Gasteiger partial charge in [0, 0.05) is 53.6 Å². The molecule has 0 radical (unpaired) electrons. The molecule has 3 aromatic carbocycles. The van der Waals surface area contributed by atoms with E-state index >= 15 is 0 Å². The molecule has 1 heterocycles. The zero-order valence-electron chi connectivity index (χ0n) is 18.7. The number of hydrogen-bond acceptors (Lipinski definition) is 3. The molecule has 0 spiro atoms. The van der Waals surface area contributed by atoms with Crippen LogP contribution in [-0.2, 0) is 11.3 Å². The Kier molecular flexibility index (Phi) is 7.11. The molecule has 1 aliphatic heterocycles. The summed E-state index contributed by atoms with van der Waals surface area (Å²) in [6, 6.07) is 16.7. The first-order chi connectivity index (χ1) is 15.9. The van der Waals surface area contributed by atoms with E-state index in [1.165, 1.54) is 0 Å². The second kappa shape index (κ2) is 10.0. The van der Waals surface area contributed by atoms with Crippen molar-refractivity contribution in [2.45, 2.75) is 19.4 Å². The predicted molar refractivity (Wildman–Crippen MR) is 132 cm³/mol. The average Bonchev–Trinajstić information content (AvgIpc) is 2.84. The van der Waals surface area contributed by atoms with Crippen molar-refractivity contribution in [1.29, 1.82) is 0 Å². The third-order valence-corrected chi connectivity index (χ3v) is 6.85. The molecule has 4 rings (SSSR count). The quantitative estimate of drug-likeness (QED) is 0.468. The van der Waals surface area contributed by atoms with Crippen LogP contribution in [0, 0.1) is 5.92 Å². The summed E-state index contributed by atoms with van der Waals surface area (Å²) in [5.41, 5.74) is 1.52. The molecule has 1 saturated heterocycles. The molecule has 0 aromatic heterocycles. The van der Waals surface area contributed by atoms with E-state index < -0.39 is 0 Å². The molecule has 0 bridgehead atoms. The lowest BCUT2D eigenvalue weighted by Crippen LogP contribution is -2.43. The minimum atomic E-state index is -0.113. The lowest BCUT2D eigenvalue weighted by atomic mass is 9.94. The predicted octanol–water partition coefficient (Wildman–Crippen LogP) is 5.67. The highest BCUT2D eigenvalue weighted by Crippen LogP contribution is 2.30. The monoisotopic (exact) mass is 484 g/mol. The summed E-state index contributed by atoms with van der Waals surface area (Å²) >= 11 is 12.2. The van der Waals surface area contributed by atoms with Crippen LogP contribution in [0.25, 0.3) is 10.8 Å². The first kappa shape index (κ1) is 23.4. The number of amides is 2. The number of fused-ring (bicyclic) bond motifs is 1. The van der Waals surface area contributed by atoms with Gasteiger partial charge in [0.2, 0.25) is 5.91 Å². The van der Waals surface area contributed by atoms with Gasteiger partial charge in [-0.3, -0.25) is 9.59 Å². The van der Waals surface area contributed by atoms with Gasteiger partial charge in [0.1, 0.15) is 5.75 Å². The van der Waals surface area contributed by atoms with Crippen LogP contribution in [0.1, 0.15) is 28.8 Å². The summed E-state index contributed by atoms with van der Waals surface area (Å²) in [6.45, 7) is 1.52. The number of methoxy groups -OCH3 is 1. The number of benzene rings is 3. The van der Waals surface area contributed by atoms with Crippen molar-refractivity contribution in [3.05, 3.63) is 75.8 Å². The fraction of sp³-hybridized carbons (Fsp3) is 0.308. The summed E-state index contributed by atoms with van der Waals surface area (Å²) in [6.07, 6.45) is 1.27. The molecule has 2 amide bonds. The molecule has 3 aromatic rings. The summed E-state index contributed by atoms with van der Waals surface area (Å²) in [4.78, 5) is 29.9. The summed E-state index contributed by atoms with van der Waals surface area (Å²) in [7, 11) is 3.41. The van der Waals surface area contributed by atoms with Gasteiger partial charge in [-0.05, 0) is 48.1 Å². The summed E-state index contributed by atoms with van der Waals surface area (Å²) in [5.74, 6) is 0.692. The lowest BCUT2D eigenvalue weighted by molar-refractivity contribution is -0.136. The minimum absolute atomic E-state index is 0.0129. The zero-order chi connectivity index (χ0) is 23.5. The van der Waals surface area contributed by atoms with Gasteiger partial charge in [-0.15, -0.1) is 0 Å². The first-order valence-corrected chi connectivity index (χ1v) is 11.7. The maximum Gasteiger partial charge on any atom is 0.254 e. The third kappa shape index (κ3) is 4.94. The molecule has 0 atom stereocenters. The molecule has 1 aliphatic rings. The van der Waals surface area contributed by atoms with Crippen molar-refractivity contribution < 1.29 is 14.3 Å². The van der Waals surface area contributed by atoms with Crippen LogP contribution in [0.4, 0.5) is 0 Å². The van der Waals surface area contributed by atoms with Gasteiger partial charge in [-0.25, -0.2) is 0 Å². The Morgan fingerprint density at radius 2 is 1.73 bits per heavy atom. The maximum atomic E-state index is 13.3. The zero-order valence-corrected chi connectivity index (χ0v) is 20.2. The Morgan fingerprint density at radius 3 is 2.39 bits per heavy atom. The van der Waals surface area contributed by atoms with E-state index in [0.29, 0.717) is 48.1 Å². The van der Waals surface area contributed by atoms with E-state index in [1.807, 2.05) is 47.4 Å². The van der Waals surface area contributed by atoms with E-state index in [4.69, 9.17) is 27.9 Å². The van der Waals surface area contributed by atoms with Gasteiger partial charge in [0.15, 0.2) is 0 Å². The van der Waals surface area contributed by atoms with E-state index in [-0.39, 0.29) is 17.7 Å². The minimum Gasteiger partial charge on any atom is -0.496 e. The smallest absolute Gasteiger partial charge is 0.254 e. The van der Waals surface area contributed by atoms with Crippen molar-refractivity contribution in [3.63, 3.8) is 0 Å². The summed E-state index contributed by atoms with van der Waals surface area (Å²) in [5, 5.41) is 2.91. The summed E-state index contributed by atoms with van der Waals surface area (Å²) < 4.78 is 5.44. The van der Waals surface area contributed by atoms with Crippen LogP contribution in [-0.4, -0.2) is 48.9 Å². The van der Waals surface area contributed by atoms with Crippen LogP contribution in [0.3, 0.4) is 0 Å². The Morgan fingerprint density at radius 1 is 1.03 bits per heavy atom. The molecule has 0 N–H and O–H groups in total. The number of hydrogen-bond donors (Lipinski definition) is 0. The number of likely N-dealkylation sites (tertiary alicyclic amines) is 1. The van der Waals surface area contributed by atoms with Crippen LogP contribution >= 0.6 is 23.2 Å². The van der Waals surface area contributed by atoms with Gasteiger partial charge in [0.25, 0.3) is 5.91 Å². The van der Waals surface area contributed by atoms with Gasteiger partial charge >= 0.3 is 0 Å². The first-order valence-electron chi connectivity index (χ1n) is 10.9. The Balaban J connectivity index is 1.41. The highest BCUT2D eigenvalue weighted by molar-refractivity contribution is 6.35. The molecule has 0 unspecified atom stereocenters. The van der Waals surface area contributed by atoms with Crippen LogP contribution in [0.15, 0.2) is 54.6 Å². The molecule has 7 heteroatoms. The van der Waals surface area contributed by atoms with Crippen LogP contribution in [0.2, 0.25) is 10.0 Å². The molecule has 33 heavy (non-hydrogen) atoms. The Bertz CT molecular complexity index is 1190. The van der Waals surface area contributed by atoms with E-state index in [1.54, 1.807) is 31.2 Å². The SMILES string of the molecule is COc1ccc(C(=O)N2CCC(C(=O)N(C)Cc3ccc(Cl)cc3Cl)CC2)c2ccccc12. The standard InChI is InChI=1S/C26H26Cl2N2O3/c1-29(16-18-7-8-19(27)15-23(18)28)25(31)17-11-13-30(14-12-17)26(32)22-9-10-24(33-2)21-6-4-3-5-20(21)22/h3-10,15,17H,11-14,16H2,1-2H3. The fourth-order valence-corrected chi connectivity index (χ4v) is 4.90. The number of piperidine rings is 1. The van der Waals surface area contributed by atoms with E-state index in [9.17, 15) is 9.59 Å². The number of halogens is 2. The van der Waals surface area contributed by atoms with Crippen molar-refractivity contribution >= 4 is 45.8 Å². The fourth-order valence-electron chi connectivity index (χ4n) is 4.43. The number of carbonyl (C=O) groups excluding carboxylic acids is 2. The molecule has 172 valence electrons. The normalized spacial score (nSPS) is 14.4. The highest BCUT2D eigenvalue weighted by atomic mass is 35.5. The largest absolute Gasteiger partial charge is 0.496 e. The molecule has 0 saturated carbocycles. The van der Waals surface area contributed by atoms with Gasteiger partial charge in [-0.2, -0.15) is 0 Å². The number of nitrogens with zero attached hydrogens (tertiary/aromatic N) is 2. The van der Waals surface area contributed by atoms with Crippen molar-refractivity contribution in [2.24, 2.45) is 5.92 Å². The third-order valence-electron chi connectivity index (χ3n) is 6.26. The van der Waals surface area contributed by atoms with Crippen molar-refractivity contribution in [1.82, 2.24) is 9.80 Å². The van der Waals surface area contributed by atoms with Crippen LogP contribution < -0.4 is 4.74 Å². The Hall–Kier alpha value is -2.76. The lowest BCUT2D eigenvalue weighted by Gasteiger charge is -2.33. The second-order valence-corrected chi connectivity index (χ2v) is 9.20. The van der Waals surface area contributed by atoms with Gasteiger partial charge in [-0.1, -0.05) is 53.5 Å². The van der Waals surface area contributed by atoms with Crippen molar-refractivity contribution in [3.8, 4) is 5.75 Å². The maximum absolute atomic E-state index is 13.3. The van der Waals surface area contributed by atoms with Gasteiger partial charge in [0.05, 0.1) is 7.11 Å². The number of carbonyl (C=O) groups is 2. The molecular weight excluding hydrogens is 459 g/mol. The molecule has 1 fully saturated rings. The Labute approximate surface area is 203 Å². The van der Waals surface area contributed by atoms with E-state index in [2.05, 4.69) is 0 Å². The molecule has 0 aliphatic carbocycles.